The van der Waals surface area contributed by atoms with Gasteiger partial charge in [-0.15, -0.1) is 0 Å². The zero-order chi connectivity index (χ0) is 15.6. The monoisotopic (exact) mass is 364 g/mol. The van der Waals surface area contributed by atoms with Gasteiger partial charge in [0.05, 0.1) is 0 Å². The number of hydrogen-bond donors (Lipinski definition) is 0. The molecular formula is C17H37BrOSi. The van der Waals surface area contributed by atoms with Crippen LogP contribution in [0.4, 0.5) is 0 Å². The largest absolute Gasteiger partial charge is 0.417 e. The van der Waals surface area contributed by atoms with E-state index >= 15 is 0 Å². The molecular weight excluding hydrogens is 328 g/mol. The Hall–Kier alpha value is 0.657. The van der Waals surface area contributed by atoms with E-state index in [1.165, 1.54) is 51.4 Å². The highest BCUT2D eigenvalue weighted by atomic mass is 79.9. The molecule has 0 heterocycles. The maximum atomic E-state index is 6.20. The van der Waals surface area contributed by atoms with Crippen LogP contribution in [-0.4, -0.2) is 19.8 Å². The van der Waals surface area contributed by atoms with Gasteiger partial charge in [-0.25, -0.2) is 0 Å². The Balaban J connectivity index is 3.37. The number of halogens is 1. The van der Waals surface area contributed by atoms with Gasteiger partial charge in [0.2, 0.25) is 0 Å². The normalized spacial score (nSPS) is 14.6. The lowest BCUT2D eigenvalue weighted by Gasteiger charge is -2.36. The molecule has 0 aliphatic carbocycles. The minimum Gasteiger partial charge on any atom is -0.417 e. The molecule has 122 valence electrons. The Morgan fingerprint density at radius 3 is 1.80 bits per heavy atom. The molecule has 1 atom stereocenters. The number of unbranched alkanes of at least 4 members (excludes halogenated alkanes) is 6. The quantitative estimate of drug-likeness (QED) is 0.219. The van der Waals surface area contributed by atoms with Gasteiger partial charge in [-0.1, -0.05) is 82.1 Å². The summed E-state index contributed by atoms with van der Waals surface area (Å²) in [4.78, 5) is 0.690. The molecule has 0 saturated carbocycles. The van der Waals surface area contributed by atoms with Gasteiger partial charge in [0, 0.05) is 11.4 Å². The average Bonchev–Trinajstić information content (AvgIpc) is 2.29. The molecule has 0 aromatic carbocycles. The van der Waals surface area contributed by atoms with Crippen molar-refractivity contribution in [2.24, 2.45) is 0 Å². The SMILES string of the molecule is CC(Br)CCCCCCCCCO[Si](C)(C)C(C)(C)C. The standard InChI is InChI=1S/C17H37BrOSi/c1-16(18)14-12-10-8-7-9-11-13-15-19-20(5,6)17(2,3)4/h16H,7-15H2,1-6H3. The Kier molecular flexibility index (Phi) is 10.7. The van der Waals surface area contributed by atoms with E-state index in [1.54, 1.807) is 0 Å². The molecule has 0 bridgehead atoms. The van der Waals surface area contributed by atoms with Crippen LogP contribution in [-0.2, 0) is 4.43 Å². The van der Waals surface area contributed by atoms with E-state index < -0.39 is 8.32 Å². The molecule has 0 aliphatic heterocycles. The second-order valence-corrected chi connectivity index (χ2v) is 14.0. The first kappa shape index (κ1) is 20.7. The third-order valence-electron chi connectivity index (χ3n) is 4.52. The maximum absolute atomic E-state index is 6.20. The number of alkyl halides is 1. The van der Waals surface area contributed by atoms with Crippen molar-refractivity contribution in [3.8, 4) is 0 Å². The predicted molar refractivity (Wildman–Crippen MR) is 98.5 cm³/mol. The molecule has 0 fully saturated rings. The molecule has 0 aromatic heterocycles. The van der Waals surface area contributed by atoms with E-state index in [9.17, 15) is 0 Å². The topological polar surface area (TPSA) is 9.23 Å². The first-order valence-corrected chi connectivity index (χ1v) is 12.3. The van der Waals surface area contributed by atoms with Gasteiger partial charge in [-0.05, 0) is 31.0 Å². The molecule has 0 N–H and O–H groups in total. The first-order chi connectivity index (χ1) is 9.17. The van der Waals surface area contributed by atoms with Crippen LogP contribution in [0.25, 0.3) is 0 Å². The number of hydrogen-bond acceptors (Lipinski definition) is 1. The van der Waals surface area contributed by atoms with Crippen LogP contribution in [0.15, 0.2) is 0 Å². The molecule has 0 amide bonds. The van der Waals surface area contributed by atoms with E-state index in [-0.39, 0.29) is 0 Å². The van der Waals surface area contributed by atoms with Crippen LogP contribution in [0.1, 0.15) is 79.1 Å². The molecule has 1 nitrogen and oxygen atoms in total. The summed E-state index contributed by atoms with van der Waals surface area (Å²) in [7, 11) is -1.51. The highest BCUT2D eigenvalue weighted by Gasteiger charge is 2.36. The van der Waals surface area contributed by atoms with Gasteiger partial charge in [0.15, 0.2) is 8.32 Å². The summed E-state index contributed by atoms with van der Waals surface area (Å²) in [5.41, 5.74) is 0. The maximum Gasteiger partial charge on any atom is 0.191 e. The molecule has 1 unspecified atom stereocenters. The third-order valence-corrected chi connectivity index (χ3v) is 9.51. The predicted octanol–water partition coefficient (Wildman–Crippen LogP) is 6.91. The summed E-state index contributed by atoms with van der Waals surface area (Å²) >= 11 is 3.60. The van der Waals surface area contributed by atoms with Crippen molar-refractivity contribution in [2.45, 2.75) is 102 Å². The van der Waals surface area contributed by atoms with Gasteiger partial charge in [-0.3, -0.25) is 0 Å². The van der Waals surface area contributed by atoms with Gasteiger partial charge >= 0.3 is 0 Å². The van der Waals surface area contributed by atoms with Crippen LogP contribution >= 0.6 is 15.9 Å². The van der Waals surface area contributed by atoms with Crippen LogP contribution < -0.4 is 0 Å². The zero-order valence-corrected chi connectivity index (χ0v) is 17.3. The Morgan fingerprint density at radius 2 is 1.35 bits per heavy atom. The molecule has 0 rings (SSSR count). The first-order valence-electron chi connectivity index (χ1n) is 8.45. The van der Waals surface area contributed by atoms with E-state index in [1.807, 2.05) is 0 Å². The van der Waals surface area contributed by atoms with Crippen molar-refractivity contribution in [3.05, 3.63) is 0 Å². The van der Waals surface area contributed by atoms with Gasteiger partial charge in [0.25, 0.3) is 0 Å². The lowest BCUT2D eigenvalue weighted by atomic mass is 10.1. The molecule has 0 aliphatic rings. The van der Waals surface area contributed by atoms with Crippen molar-refractivity contribution in [2.75, 3.05) is 6.61 Å². The second-order valence-electron chi connectivity index (χ2n) is 7.65. The van der Waals surface area contributed by atoms with E-state index in [0.29, 0.717) is 9.87 Å². The minimum absolute atomic E-state index is 0.347. The summed E-state index contributed by atoms with van der Waals surface area (Å²) in [6.45, 7) is 14.8. The molecule has 0 aromatic rings. The van der Waals surface area contributed by atoms with Gasteiger partial charge in [0.1, 0.15) is 0 Å². The summed E-state index contributed by atoms with van der Waals surface area (Å²) in [6.07, 6.45) is 10.9. The Bertz CT molecular complexity index is 234. The summed E-state index contributed by atoms with van der Waals surface area (Å²) in [5, 5.41) is 0.347. The Labute approximate surface area is 137 Å². The molecule has 0 spiro atoms. The van der Waals surface area contributed by atoms with Crippen molar-refractivity contribution < 1.29 is 4.43 Å². The Morgan fingerprint density at radius 1 is 0.900 bits per heavy atom. The van der Waals surface area contributed by atoms with Crippen molar-refractivity contribution >= 4 is 24.2 Å². The van der Waals surface area contributed by atoms with Crippen LogP contribution in [0.3, 0.4) is 0 Å². The highest BCUT2D eigenvalue weighted by molar-refractivity contribution is 9.09. The minimum atomic E-state index is -1.51. The molecule has 0 saturated heterocycles. The lowest BCUT2D eigenvalue weighted by molar-refractivity contribution is 0.277. The average molecular weight is 365 g/mol. The van der Waals surface area contributed by atoms with E-state index in [0.717, 1.165) is 6.61 Å². The fraction of sp³-hybridized carbons (Fsp3) is 1.00. The van der Waals surface area contributed by atoms with Crippen molar-refractivity contribution in [1.29, 1.82) is 0 Å². The summed E-state index contributed by atoms with van der Waals surface area (Å²) in [5.74, 6) is 0. The van der Waals surface area contributed by atoms with Gasteiger partial charge in [-0.2, -0.15) is 0 Å². The van der Waals surface area contributed by atoms with Crippen LogP contribution in [0.5, 0.6) is 0 Å². The highest BCUT2D eigenvalue weighted by Crippen LogP contribution is 2.36. The summed E-state index contributed by atoms with van der Waals surface area (Å²) < 4.78 is 6.20. The van der Waals surface area contributed by atoms with Gasteiger partial charge < -0.3 is 4.43 Å². The van der Waals surface area contributed by atoms with Crippen molar-refractivity contribution in [3.63, 3.8) is 0 Å². The van der Waals surface area contributed by atoms with Crippen LogP contribution in [0, 0.1) is 0 Å². The van der Waals surface area contributed by atoms with E-state index in [2.05, 4.69) is 56.7 Å². The lowest BCUT2D eigenvalue weighted by Crippen LogP contribution is -2.40. The smallest absolute Gasteiger partial charge is 0.191 e. The summed E-state index contributed by atoms with van der Waals surface area (Å²) in [6, 6.07) is 0. The van der Waals surface area contributed by atoms with E-state index in [4.69, 9.17) is 4.43 Å². The molecule has 0 radical (unpaired) electrons. The van der Waals surface area contributed by atoms with Crippen LogP contribution in [0.2, 0.25) is 18.1 Å². The second kappa shape index (κ2) is 10.4. The molecule has 3 heteroatoms. The van der Waals surface area contributed by atoms with Crippen molar-refractivity contribution in [1.82, 2.24) is 0 Å². The third kappa shape index (κ3) is 10.4. The zero-order valence-electron chi connectivity index (χ0n) is 14.7. The fourth-order valence-electron chi connectivity index (χ4n) is 1.96. The fourth-order valence-corrected chi connectivity index (χ4v) is 3.37. The number of rotatable bonds is 11. The molecule has 20 heavy (non-hydrogen) atoms.